The fraction of sp³-hybridized carbons (Fsp3) is 0.292. The van der Waals surface area contributed by atoms with Gasteiger partial charge in [0.2, 0.25) is 7.98 Å². The van der Waals surface area contributed by atoms with Crippen LogP contribution in [0.5, 0.6) is 0 Å². The standard InChI is InChI=1S/C24H26BN5O2/c1-17-16-19(27-23(17)20(11-12-26)21-8-5-15-29(21)25)10-9-18-6-4-7-22(24(18)30(31)32)28-13-2-3-14-28/h4-10,15-16H,2-3,11-14,26H2,1H3/b10-9+,23-20-. The highest BCUT2D eigenvalue weighted by molar-refractivity contribution is 6.11. The third-order valence-electron chi connectivity index (χ3n) is 5.86. The van der Waals surface area contributed by atoms with E-state index in [9.17, 15) is 10.1 Å². The molecule has 4 rings (SSSR count). The fourth-order valence-corrected chi connectivity index (χ4v) is 4.36. The SMILES string of the molecule is [B]n1cccc1/C(CCN)=C1N=C(/C=C/c2cccc(N3CCCC3)c2[N+](=O)[O-])C=C\1C. The van der Waals surface area contributed by atoms with Crippen LogP contribution in [-0.2, 0) is 0 Å². The lowest BCUT2D eigenvalue weighted by Crippen LogP contribution is -2.19. The van der Waals surface area contributed by atoms with E-state index in [1.807, 2.05) is 43.3 Å². The number of allylic oxidation sites excluding steroid dienone is 3. The highest BCUT2D eigenvalue weighted by Crippen LogP contribution is 2.35. The summed E-state index contributed by atoms with van der Waals surface area (Å²) >= 11 is 0. The molecule has 1 aromatic heterocycles. The molecular formula is C24H26BN5O2. The molecule has 3 heterocycles. The summed E-state index contributed by atoms with van der Waals surface area (Å²) in [7, 11) is 6.06. The molecule has 2 radical (unpaired) electrons. The van der Waals surface area contributed by atoms with Gasteiger partial charge in [0.1, 0.15) is 5.69 Å². The van der Waals surface area contributed by atoms with Gasteiger partial charge in [0.15, 0.2) is 0 Å². The quantitative estimate of drug-likeness (QED) is 0.409. The summed E-state index contributed by atoms with van der Waals surface area (Å²) in [5.41, 5.74) is 11.7. The third kappa shape index (κ3) is 4.32. The molecule has 0 aliphatic carbocycles. The van der Waals surface area contributed by atoms with E-state index in [2.05, 4.69) is 4.90 Å². The number of nitrogens with two attached hydrogens (primary N) is 1. The summed E-state index contributed by atoms with van der Waals surface area (Å²) in [6, 6.07) is 9.31. The zero-order valence-electron chi connectivity index (χ0n) is 18.2. The van der Waals surface area contributed by atoms with E-state index in [1.165, 1.54) is 0 Å². The Morgan fingerprint density at radius 3 is 2.69 bits per heavy atom. The zero-order valence-corrected chi connectivity index (χ0v) is 18.2. The maximum atomic E-state index is 11.9. The van der Waals surface area contributed by atoms with Gasteiger partial charge in [0.25, 0.3) is 5.69 Å². The first-order valence-corrected chi connectivity index (χ1v) is 10.8. The van der Waals surface area contributed by atoms with Gasteiger partial charge in [-0.25, -0.2) is 4.99 Å². The maximum Gasteiger partial charge on any atom is 0.299 e. The molecule has 0 unspecified atom stereocenters. The Bertz CT molecular complexity index is 1150. The monoisotopic (exact) mass is 427 g/mol. The molecule has 8 heteroatoms. The van der Waals surface area contributed by atoms with E-state index in [4.69, 9.17) is 18.7 Å². The van der Waals surface area contributed by atoms with Crippen molar-refractivity contribution >= 4 is 36.7 Å². The van der Waals surface area contributed by atoms with Gasteiger partial charge in [0.05, 0.1) is 21.9 Å². The van der Waals surface area contributed by atoms with Crippen molar-refractivity contribution in [2.24, 2.45) is 10.7 Å². The minimum atomic E-state index is -0.287. The van der Waals surface area contributed by atoms with Crippen molar-refractivity contribution in [1.29, 1.82) is 0 Å². The first-order chi connectivity index (χ1) is 15.5. The van der Waals surface area contributed by atoms with Gasteiger partial charge in [-0.3, -0.25) is 10.1 Å². The minimum Gasteiger partial charge on any atom is -0.403 e. The van der Waals surface area contributed by atoms with Gasteiger partial charge < -0.3 is 15.1 Å². The Morgan fingerprint density at radius 2 is 2.03 bits per heavy atom. The van der Waals surface area contributed by atoms with Gasteiger partial charge in [-0.05, 0) is 87.0 Å². The number of nitrogens with zero attached hydrogens (tertiary/aromatic N) is 4. The maximum absolute atomic E-state index is 11.9. The topological polar surface area (TPSA) is 89.7 Å². The second-order valence-corrected chi connectivity index (χ2v) is 8.03. The van der Waals surface area contributed by atoms with Crippen LogP contribution in [0, 0.1) is 10.1 Å². The molecule has 0 atom stereocenters. The molecule has 1 aromatic carbocycles. The number of nitro groups is 1. The molecule has 1 fully saturated rings. The smallest absolute Gasteiger partial charge is 0.299 e. The Balaban J connectivity index is 1.69. The second-order valence-electron chi connectivity index (χ2n) is 8.03. The summed E-state index contributed by atoms with van der Waals surface area (Å²) < 4.78 is 1.57. The molecule has 2 aliphatic heterocycles. The first kappa shape index (κ1) is 21.8. The number of hydrogen-bond donors (Lipinski definition) is 1. The summed E-state index contributed by atoms with van der Waals surface area (Å²) in [4.78, 5) is 18.5. The minimum absolute atomic E-state index is 0.144. The number of anilines is 1. The van der Waals surface area contributed by atoms with E-state index in [0.29, 0.717) is 24.2 Å². The normalized spacial score (nSPS) is 17.8. The highest BCUT2D eigenvalue weighted by atomic mass is 16.6. The first-order valence-electron chi connectivity index (χ1n) is 10.8. The molecule has 0 amide bonds. The lowest BCUT2D eigenvalue weighted by Gasteiger charge is -2.18. The third-order valence-corrected chi connectivity index (χ3v) is 5.86. The number of rotatable bonds is 7. The zero-order chi connectivity index (χ0) is 22.7. The van der Waals surface area contributed by atoms with Crippen LogP contribution in [0.25, 0.3) is 11.6 Å². The molecule has 2 aromatic rings. The Morgan fingerprint density at radius 1 is 1.25 bits per heavy atom. The molecule has 162 valence electrons. The van der Waals surface area contributed by atoms with E-state index < -0.39 is 0 Å². The predicted molar refractivity (Wildman–Crippen MR) is 131 cm³/mol. The van der Waals surface area contributed by atoms with Crippen molar-refractivity contribution in [3.8, 4) is 0 Å². The van der Waals surface area contributed by atoms with E-state index in [1.54, 1.807) is 22.8 Å². The second kappa shape index (κ2) is 9.40. The predicted octanol–water partition coefficient (Wildman–Crippen LogP) is 4.10. The van der Waals surface area contributed by atoms with Crippen LogP contribution < -0.4 is 10.6 Å². The Labute approximate surface area is 189 Å². The number of benzene rings is 1. The van der Waals surface area contributed by atoms with Crippen LogP contribution >= 0.6 is 0 Å². The van der Waals surface area contributed by atoms with Crippen molar-refractivity contribution in [2.75, 3.05) is 24.5 Å². The summed E-state index contributed by atoms with van der Waals surface area (Å²) in [6.45, 7) is 4.18. The van der Waals surface area contributed by atoms with Crippen LogP contribution in [-0.4, -0.2) is 42.7 Å². The van der Waals surface area contributed by atoms with Crippen molar-refractivity contribution in [2.45, 2.75) is 26.2 Å². The number of para-hydroxylation sites is 1. The van der Waals surface area contributed by atoms with E-state index in [0.717, 1.165) is 54.2 Å². The number of aliphatic imine (C=N–C) groups is 1. The largest absolute Gasteiger partial charge is 0.403 e. The van der Waals surface area contributed by atoms with E-state index >= 15 is 0 Å². The average Bonchev–Trinajstić information content (AvgIpc) is 3.52. The van der Waals surface area contributed by atoms with Crippen LogP contribution in [0.2, 0.25) is 0 Å². The van der Waals surface area contributed by atoms with Crippen LogP contribution in [0.15, 0.2) is 64.9 Å². The highest BCUT2D eigenvalue weighted by Gasteiger charge is 2.24. The van der Waals surface area contributed by atoms with Gasteiger partial charge >= 0.3 is 0 Å². The van der Waals surface area contributed by atoms with Gasteiger partial charge in [-0.15, -0.1) is 0 Å². The van der Waals surface area contributed by atoms with Crippen molar-refractivity contribution in [3.63, 3.8) is 0 Å². The Hall–Kier alpha value is -3.39. The summed E-state index contributed by atoms with van der Waals surface area (Å²) in [5.74, 6) is 0. The van der Waals surface area contributed by atoms with Crippen LogP contribution in [0.1, 0.15) is 37.4 Å². The molecule has 0 spiro atoms. The van der Waals surface area contributed by atoms with Crippen LogP contribution in [0.3, 0.4) is 0 Å². The van der Waals surface area contributed by atoms with E-state index in [-0.39, 0.29) is 10.6 Å². The number of hydrogen-bond acceptors (Lipinski definition) is 5. The molecule has 0 saturated carbocycles. The van der Waals surface area contributed by atoms with Crippen molar-refractivity contribution in [1.82, 2.24) is 4.48 Å². The molecular weight excluding hydrogens is 401 g/mol. The van der Waals surface area contributed by atoms with Crippen molar-refractivity contribution < 1.29 is 4.92 Å². The fourth-order valence-electron chi connectivity index (χ4n) is 4.36. The molecule has 0 bridgehead atoms. The molecule has 2 aliphatic rings. The molecule has 7 nitrogen and oxygen atoms in total. The summed E-state index contributed by atoms with van der Waals surface area (Å²) in [5, 5.41) is 11.9. The molecule has 1 saturated heterocycles. The van der Waals surface area contributed by atoms with Gasteiger partial charge in [-0.2, -0.15) is 0 Å². The molecule has 32 heavy (non-hydrogen) atoms. The molecule has 2 N–H and O–H groups in total. The van der Waals surface area contributed by atoms with Crippen molar-refractivity contribution in [3.05, 3.63) is 81.3 Å². The van der Waals surface area contributed by atoms with Crippen LogP contribution in [0.4, 0.5) is 11.4 Å². The average molecular weight is 427 g/mol. The lowest BCUT2D eigenvalue weighted by atomic mass is 10.0. The number of nitro benzene ring substituents is 1. The lowest BCUT2D eigenvalue weighted by molar-refractivity contribution is -0.384. The summed E-state index contributed by atoms with van der Waals surface area (Å²) in [6.07, 6.45) is 10.1. The van der Waals surface area contributed by atoms with Gasteiger partial charge in [-0.1, -0.05) is 6.07 Å². The number of aromatic nitrogens is 1. The van der Waals surface area contributed by atoms with Gasteiger partial charge in [0, 0.05) is 24.4 Å². The Kier molecular flexibility index (Phi) is 6.41.